The van der Waals surface area contributed by atoms with Crippen LogP contribution in [0.3, 0.4) is 0 Å². The predicted octanol–water partition coefficient (Wildman–Crippen LogP) is 2.50. The summed E-state index contributed by atoms with van der Waals surface area (Å²) >= 11 is 0. The summed E-state index contributed by atoms with van der Waals surface area (Å²) in [6.45, 7) is 1.21. The highest BCUT2D eigenvalue weighted by atomic mass is 127. The molecule has 3 N–H and O–H groups in total. The van der Waals surface area contributed by atoms with Crippen LogP contribution >= 0.6 is 24.0 Å². The van der Waals surface area contributed by atoms with Gasteiger partial charge in [0.1, 0.15) is 5.82 Å². The molecule has 0 bridgehead atoms. The lowest BCUT2D eigenvalue weighted by Crippen LogP contribution is -2.32. The third kappa shape index (κ3) is 5.78. The van der Waals surface area contributed by atoms with Crippen LogP contribution in [-0.2, 0) is 0 Å². The van der Waals surface area contributed by atoms with Crippen LogP contribution in [0.2, 0.25) is 0 Å². The van der Waals surface area contributed by atoms with Crippen LogP contribution in [0.25, 0.3) is 0 Å². The first kappa shape index (κ1) is 16.8. The van der Waals surface area contributed by atoms with Gasteiger partial charge in [0.2, 0.25) is 0 Å². The van der Waals surface area contributed by atoms with E-state index in [-0.39, 0.29) is 29.8 Å². The lowest BCUT2D eigenvalue weighted by molar-refractivity contribution is 0.326. The quantitative estimate of drug-likeness (QED) is 0.363. The summed E-state index contributed by atoms with van der Waals surface area (Å²) in [7, 11) is 0. The number of guanidine groups is 1. The van der Waals surface area contributed by atoms with Crippen molar-refractivity contribution >= 4 is 29.9 Å². The third-order valence-electron chi connectivity index (χ3n) is 3.16. The summed E-state index contributed by atoms with van der Waals surface area (Å²) in [4.78, 5) is 4.26. The van der Waals surface area contributed by atoms with Gasteiger partial charge < -0.3 is 11.1 Å². The van der Waals surface area contributed by atoms with Crippen molar-refractivity contribution in [3.63, 3.8) is 0 Å². The van der Waals surface area contributed by atoms with Crippen molar-refractivity contribution in [2.24, 2.45) is 16.6 Å². The second-order valence-electron chi connectivity index (χ2n) is 4.69. The molecule has 0 amide bonds. The molecule has 0 aromatic heterocycles. The summed E-state index contributed by atoms with van der Waals surface area (Å²) in [5, 5.41) is 2.93. The number of nitrogens with two attached hydrogens (primary N) is 1. The minimum atomic E-state index is -0.277. The second-order valence-corrected chi connectivity index (χ2v) is 4.69. The molecule has 108 valence electrons. The number of hydrogen-bond donors (Lipinski definition) is 2. The number of hydrogen-bond acceptors (Lipinski definition) is 1. The Labute approximate surface area is 136 Å². The molecule has 0 radical (unpaired) electrons. The van der Waals surface area contributed by atoms with Gasteiger partial charge in [-0.3, -0.25) is 4.99 Å². The van der Waals surface area contributed by atoms with Gasteiger partial charge in [0.05, 0.1) is 6.54 Å². The Balaban J connectivity index is 0.00000200. The summed E-state index contributed by atoms with van der Waals surface area (Å²) in [6.07, 6.45) is 3.83. The number of nitrogens with one attached hydrogen (secondary N) is 1. The van der Waals surface area contributed by atoms with E-state index in [1.165, 1.54) is 31.4 Å². The average Bonchev–Trinajstić information content (AvgIpc) is 2.33. The zero-order chi connectivity index (χ0) is 13.5. The number of benzene rings is 1. The number of nitrogens with zero attached hydrogens (tertiary/aromatic N) is 1. The van der Waals surface area contributed by atoms with E-state index in [4.69, 9.17) is 5.73 Å². The Morgan fingerprint density at radius 2 is 2.25 bits per heavy atom. The van der Waals surface area contributed by atoms with Crippen molar-refractivity contribution < 1.29 is 4.39 Å². The van der Waals surface area contributed by atoms with E-state index in [1.807, 2.05) is 0 Å². The molecule has 0 aliphatic heterocycles. The second kappa shape index (κ2) is 8.80. The van der Waals surface area contributed by atoms with Crippen LogP contribution in [0.4, 0.5) is 4.39 Å². The summed E-state index contributed by atoms with van der Waals surface area (Å²) in [5.41, 5.74) is 6.37. The molecule has 1 aromatic rings. The zero-order valence-electron chi connectivity index (χ0n) is 11.2. The highest BCUT2D eigenvalue weighted by molar-refractivity contribution is 14.0. The van der Waals surface area contributed by atoms with E-state index in [0.717, 1.165) is 6.54 Å². The predicted molar refractivity (Wildman–Crippen MR) is 90.5 cm³/mol. The van der Waals surface area contributed by atoms with E-state index in [9.17, 15) is 4.39 Å². The normalized spacial score (nSPS) is 14.6. The number of halogens is 2. The molecular weight excluding hydrogens is 368 g/mol. The molecule has 1 fully saturated rings. The molecule has 3 nitrogen and oxygen atoms in total. The largest absolute Gasteiger partial charge is 0.370 e. The minimum absolute atomic E-state index is 0. The molecule has 2 rings (SSSR count). The molecule has 1 aromatic carbocycles. The maximum atomic E-state index is 12.9. The Bertz CT molecular complexity index is 515. The first-order valence-corrected chi connectivity index (χ1v) is 6.52. The maximum Gasteiger partial charge on any atom is 0.189 e. The number of rotatable bonds is 3. The van der Waals surface area contributed by atoms with Crippen molar-refractivity contribution in [1.82, 2.24) is 5.32 Å². The standard InChI is InChI=1S/C15H18FN3.HI/c16-14-8-2-4-12(10-14)7-3-9-18-15(17)19-11-13-5-1-6-13;/h2,4,8,10,13H,1,5-6,9,11H2,(H3,17,18,19);1H. The van der Waals surface area contributed by atoms with Gasteiger partial charge in [0.25, 0.3) is 0 Å². The molecular formula is C15H19FIN3. The van der Waals surface area contributed by atoms with Crippen LogP contribution in [0.5, 0.6) is 0 Å². The van der Waals surface area contributed by atoms with Crippen molar-refractivity contribution in [1.29, 1.82) is 0 Å². The molecule has 0 heterocycles. The topological polar surface area (TPSA) is 50.4 Å². The zero-order valence-corrected chi connectivity index (χ0v) is 13.6. The van der Waals surface area contributed by atoms with E-state index in [2.05, 4.69) is 22.2 Å². The molecule has 0 spiro atoms. The summed E-state index contributed by atoms with van der Waals surface area (Å²) < 4.78 is 12.9. The van der Waals surface area contributed by atoms with Crippen LogP contribution in [0.1, 0.15) is 24.8 Å². The third-order valence-corrected chi connectivity index (χ3v) is 3.16. The van der Waals surface area contributed by atoms with Gasteiger partial charge in [-0.1, -0.05) is 24.3 Å². The van der Waals surface area contributed by atoms with E-state index >= 15 is 0 Å². The van der Waals surface area contributed by atoms with Gasteiger partial charge in [-0.25, -0.2) is 4.39 Å². The fourth-order valence-electron chi connectivity index (χ4n) is 1.81. The van der Waals surface area contributed by atoms with Crippen molar-refractivity contribution in [3.05, 3.63) is 35.6 Å². The van der Waals surface area contributed by atoms with Crippen LogP contribution in [-0.4, -0.2) is 19.0 Å². The van der Waals surface area contributed by atoms with Gasteiger partial charge in [-0.05, 0) is 37.0 Å². The molecule has 0 saturated heterocycles. The van der Waals surface area contributed by atoms with Crippen molar-refractivity contribution in [2.45, 2.75) is 19.3 Å². The van der Waals surface area contributed by atoms with E-state index in [0.29, 0.717) is 24.0 Å². The Morgan fingerprint density at radius 3 is 2.90 bits per heavy atom. The lowest BCUT2D eigenvalue weighted by Gasteiger charge is -2.23. The Kier molecular flexibility index (Phi) is 7.37. The van der Waals surface area contributed by atoms with Crippen molar-refractivity contribution in [2.75, 3.05) is 13.1 Å². The Morgan fingerprint density at radius 1 is 1.45 bits per heavy atom. The monoisotopic (exact) mass is 387 g/mol. The van der Waals surface area contributed by atoms with Gasteiger partial charge in [-0.2, -0.15) is 0 Å². The van der Waals surface area contributed by atoms with Crippen LogP contribution in [0, 0.1) is 23.6 Å². The van der Waals surface area contributed by atoms with Gasteiger partial charge in [-0.15, -0.1) is 24.0 Å². The first-order valence-electron chi connectivity index (χ1n) is 6.52. The molecule has 1 saturated carbocycles. The molecule has 5 heteroatoms. The first-order chi connectivity index (χ1) is 9.24. The highest BCUT2D eigenvalue weighted by Gasteiger charge is 2.16. The minimum Gasteiger partial charge on any atom is -0.370 e. The van der Waals surface area contributed by atoms with Crippen molar-refractivity contribution in [3.8, 4) is 11.8 Å². The smallest absolute Gasteiger partial charge is 0.189 e. The SMILES string of the molecule is I.NC(=NCC1CCC1)NCC#Cc1cccc(F)c1. The van der Waals surface area contributed by atoms with E-state index in [1.54, 1.807) is 12.1 Å². The van der Waals surface area contributed by atoms with Crippen LogP contribution < -0.4 is 11.1 Å². The van der Waals surface area contributed by atoms with Crippen LogP contribution in [0.15, 0.2) is 29.3 Å². The maximum absolute atomic E-state index is 12.9. The van der Waals surface area contributed by atoms with Gasteiger partial charge >= 0.3 is 0 Å². The molecule has 20 heavy (non-hydrogen) atoms. The van der Waals surface area contributed by atoms with Gasteiger partial charge in [0.15, 0.2) is 5.96 Å². The molecule has 1 aliphatic rings. The Hall–Kier alpha value is -1.29. The molecule has 0 unspecified atom stereocenters. The van der Waals surface area contributed by atoms with Gasteiger partial charge in [0, 0.05) is 12.1 Å². The fraction of sp³-hybridized carbons (Fsp3) is 0.400. The lowest BCUT2D eigenvalue weighted by atomic mass is 9.86. The highest BCUT2D eigenvalue weighted by Crippen LogP contribution is 2.26. The average molecular weight is 387 g/mol. The summed E-state index contributed by atoms with van der Waals surface area (Å²) in [5.74, 6) is 6.61. The molecule has 1 aliphatic carbocycles. The summed E-state index contributed by atoms with van der Waals surface area (Å²) in [6, 6.07) is 6.21. The fourth-order valence-corrected chi connectivity index (χ4v) is 1.81. The van der Waals surface area contributed by atoms with E-state index < -0.39 is 0 Å². The number of aliphatic imine (C=N–C) groups is 1. The molecule has 0 atom stereocenters.